The maximum atomic E-state index is 11.7. The first-order chi connectivity index (χ1) is 12.1. The van der Waals surface area contributed by atoms with Gasteiger partial charge in [0.2, 0.25) is 0 Å². The van der Waals surface area contributed by atoms with Crippen LogP contribution in [0.3, 0.4) is 0 Å². The van der Waals surface area contributed by atoms with Crippen molar-refractivity contribution >= 4 is 33.4 Å². The third kappa shape index (κ3) is 2.41. The van der Waals surface area contributed by atoms with Crippen molar-refractivity contribution in [2.24, 2.45) is 5.73 Å². The molecule has 1 amide bonds. The van der Waals surface area contributed by atoms with Crippen LogP contribution in [0, 0.1) is 0 Å². The summed E-state index contributed by atoms with van der Waals surface area (Å²) < 4.78 is 0. The van der Waals surface area contributed by atoms with Crippen LogP contribution < -0.4 is 10.6 Å². The minimum absolute atomic E-state index is 0.425. The molecule has 0 saturated heterocycles. The zero-order valence-corrected chi connectivity index (χ0v) is 14.1. The first-order valence-corrected chi connectivity index (χ1v) is 8.04. The molecule has 4 rings (SSSR count). The number of nitrogens with zero attached hydrogens (tertiary/aromatic N) is 2. The van der Waals surface area contributed by atoms with Gasteiger partial charge in [0, 0.05) is 30.7 Å². The predicted octanol–water partition coefficient (Wildman–Crippen LogP) is 3.55. The summed E-state index contributed by atoms with van der Waals surface area (Å²) in [6.07, 6.45) is 0. The lowest BCUT2D eigenvalue weighted by atomic mass is 10.0. The molecule has 5 heteroatoms. The van der Waals surface area contributed by atoms with Gasteiger partial charge in [-0.25, -0.2) is 4.98 Å². The number of imidazole rings is 1. The highest BCUT2D eigenvalue weighted by molar-refractivity contribution is 6.06. The molecule has 0 aliphatic rings. The largest absolute Gasteiger partial charge is 0.377 e. The number of para-hydroxylation sites is 1. The van der Waals surface area contributed by atoms with E-state index in [0.29, 0.717) is 11.1 Å². The lowest BCUT2D eigenvalue weighted by Crippen LogP contribution is -2.11. The van der Waals surface area contributed by atoms with E-state index in [-0.39, 0.29) is 0 Å². The summed E-state index contributed by atoms with van der Waals surface area (Å²) in [6.45, 7) is 0. The second-order valence-corrected chi connectivity index (χ2v) is 6.22. The minimum atomic E-state index is -0.475. The molecule has 4 aromatic rings. The van der Waals surface area contributed by atoms with E-state index in [1.165, 1.54) is 0 Å². The highest BCUT2D eigenvalue weighted by Crippen LogP contribution is 2.34. The van der Waals surface area contributed by atoms with Gasteiger partial charge in [-0.3, -0.25) is 4.79 Å². The first-order valence-electron chi connectivity index (χ1n) is 8.04. The molecule has 0 atom stereocenters. The molecule has 3 aromatic carbocycles. The average molecular weight is 330 g/mol. The molecular weight excluding hydrogens is 312 g/mol. The number of benzene rings is 3. The summed E-state index contributed by atoms with van der Waals surface area (Å²) >= 11 is 0. The van der Waals surface area contributed by atoms with Crippen molar-refractivity contribution in [3.8, 4) is 11.4 Å². The summed E-state index contributed by atoms with van der Waals surface area (Å²) in [5.41, 5.74) is 9.44. The van der Waals surface area contributed by atoms with Gasteiger partial charge in [-0.05, 0) is 29.7 Å². The Labute approximate surface area is 145 Å². The summed E-state index contributed by atoms with van der Waals surface area (Å²) in [6, 6.07) is 17.8. The Balaban J connectivity index is 2.00. The molecule has 3 N–H and O–H groups in total. The van der Waals surface area contributed by atoms with Crippen LogP contribution in [0.2, 0.25) is 0 Å². The van der Waals surface area contributed by atoms with E-state index >= 15 is 0 Å². The Hall–Kier alpha value is -3.34. The van der Waals surface area contributed by atoms with E-state index in [9.17, 15) is 4.79 Å². The van der Waals surface area contributed by atoms with Crippen LogP contribution >= 0.6 is 0 Å². The molecule has 124 valence electrons. The number of carbonyl (C=O) groups is 1. The lowest BCUT2D eigenvalue weighted by Gasteiger charge is -2.17. The van der Waals surface area contributed by atoms with E-state index in [4.69, 9.17) is 5.73 Å². The number of H-pyrrole nitrogens is 1. The van der Waals surface area contributed by atoms with Crippen molar-refractivity contribution in [2.75, 3.05) is 19.0 Å². The fourth-order valence-corrected chi connectivity index (χ4v) is 3.24. The van der Waals surface area contributed by atoms with Gasteiger partial charge in [-0.2, -0.15) is 0 Å². The monoisotopic (exact) mass is 330 g/mol. The summed E-state index contributed by atoms with van der Waals surface area (Å²) in [7, 11) is 4.06. The number of fused-ring (bicyclic) bond motifs is 2. The smallest absolute Gasteiger partial charge is 0.250 e. The van der Waals surface area contributed by atoms with Gasteiger partial charge in [0.25, 0.3) is 5.91 Å². The normalized spacial score (nSPS) is 11.1. The summed E-state index contributed by atoms with van der Waals surface area (Å²) in [5.74, 6) is 0.252. The van der Waals surface area contributed by atoms with Gasteiger partial charge in [0.1, 0.15) is 11.3 Å². The molecule has 1 heterocycles. The highest BCUT2D eigenvalue weighted by atomic mass is 16.1. The number of anilines is 1. The molecular formula is C20H18N4O. The van der Waals surface area contributed by atoms with Crippen LogP contribution in [0.4, 0.5) is 5.69 Å². The fourth-order valence-electron chi connectivity index (χ4n) is 3.24. The Morgan fingerprint density at radius 1 is 1.00 bits per heavy atom. The molecule has 0 aliphatic heterocycles. The maximum absolute atomic E-state index is 11.7. The van der Waals surface area contributed by atoms with E-state index in [1.807, 2.05) is 32.3 Å². The number of nitrogens with one attached hydrogen (secondary N) is 1. The second-order valence-electron chi connectivity index (χ2n) is 6.22. The van der Waals surface area contributed by atoms with E-state index in [1.54, 1.807) is 12.1 Å². The van der Waals surface area contributed by atoms with Crippen LogP contribution in [0.5, 0.6) is 0 Å². The fraction of sp³-hybridized carbons (Fsp3) is 0.100. The van der Waals surface area contributed by atoms with Gasteiger partial charge in [-0.1, -0.05) is 30.3 Å². The topological polar surface area (TPSA) is 75.0 Å². The van der Waals surface area contributed by atoms with Crippen molar-refractivity contribution in [1.82, 2.24) is 9.97 Å². The van der Waals surface area contributed by atoms with Crippen molar-refractivity contribution in [3.63, 3.8) is 0 Å². The first kappa shape index (κ1) is 15.2. The molecule has 0 unspecified atom stereocenters. The third-order valence-corrected chi connectivity index (χ3v) is 4.42. The van der Waals surface area contributed by atoms with Crippen molar-refractivity contribution in [1.29, 1.82) is 0 Å². The third-order valence-electron chi connectivity index (χ3n) is 4.42. The molecule has 5 nitrogen and oxygen atoms in total. The molecule has 0 aliphatic carbocycles. The summed E-state index contributed by atoms with van der Waals surface area (Å²) in [5, 5.41) is 2.26. The number of hydrogen-bond acceptors (Lipinski definition) is 3. The number of aromatic amines is 1. The number of carbonyl (C=O) groups excluding carboxylic acids is 1. The highest BCUT2D eigenvalue weighted by Gasteiger charge is 2.15. The quantitative estimate of drug-likeness (QED) is 0.603. The molecule has 0 bridgehead atoms. The number of hydrogen-bond donors (Lipinski definition) is 2. The number of rotatable bonds is 3. The Kier molecular flexibility index (Phi) is 3.42. The average Bonchev–Trinajstić information content (AvgIpc) is 3.04. The second kappa shape index (κ2) is 5.63. The van der Waals surface area contributed by atoms with Gasteiger partial charge in [0.15, 0.2) is 0 Å². The zero-order valence-electron chi connectivity index (χ0n) is 14.1. The standard InChI is InChI=1S/C20H18N4O/c1-24(2)17-11-10-14(12-6-3-4-7-13(12)17)20-22-16-9-5-8-15(19(21)25)18(16)23-20/h3-11H,1-2H3,(H2,21,25)(H,22,23). The number of primary amides is 1. The van der Waals surface area contributed by atoms with Crippen LogP contribution in [0.1, 0.15) is 10.4 Å². The Bertz CT molecular complexity index is 1110. The molecule has 0 spiro atoms. The van der Waals surface area contributed by atoms with E-state index in [0.717, 1.165) is 33.4 Å². The number of nitrogens with two attached hydrogens (primary N) is 1. The van der Waals surface area contributed by atoms with Crippen LogP contribution in [-0.4, -0.2) is 30.0 Å². The zero-order chi connectivity index (χ0) is 17.6. The lowest BCUT2D eigenvalue weighted by molar-refractivity contribution is 0.100. The van der Waals surface area contributed by atoms with Gasteiger partial charge >= 0.3 is 0 Å². The molecule has 0 saturated carbocycles. The molecule has 0 radical (unpaired) electrons. The summed E-state index contributed by atoms with van der Waals surface area (Å²) in [4.78, 5) is 21.7. The van der Waals surface area contributed by atoms with Crippen molar-refractivity contribution in [3.05, 3.63) is 60.2 Å². The van der Waals surface area contributed by atoms with Gasteiger partial charge in [0.05, 0.1) is 11.1 Å². The molecule has 25 heavy (non-hydrogen) atoms. The van der Waals surface area contributed by atoms with Crippen LogP contribution in [0.15, 0.2) is 54.6 Å². The Morgan fingerprint density at radius 3 is 2.48 bits per heavy atom. The SMILES string of the molecule is CN(C)c1ccc(-c2nc3c(C(N)=O)cccc3[nH]2)c2ccccc12. The minimum Gasteiger partial charge on any atom is -0.377 e. The van der Waals surface area contributed by atoms with Crippen molar-refractivity contribution in [2.45, 2.75) is 0 Å². The van der Waals surface area contributed by atoms with Crippen molar-refractivity contribution < 1.29 is 4.79 Å². The maximum Gasteiger partial charge on any atom is 0.250 e. The Morgan fingerprint density at radius 2 is 1.76 bits per heavy atom. The van der Waals surface area contributed by atoms with Crippen LogP contribution in [-0.2, 0) is 0 Å². The van der Waals surface area contributed by atoms with E-state index < -0.39 is 5.91 Å². The molecule has 0 fully saturated rings. The van der Waals surface area contributed by atoms with E-state index in [2.05, 4.69) is 39.1 Å². The number of amides is 1. The van der Waals surface area contributed by atoms with Gasteiger partial charge < -0.3 is 15.6 Å². The number of aromatic nitrogens is 2. The van der Waals surface area contributed by atoms with Crippen LogP contribution in [0.25, 0.3) is 33.2 Å². The van der Waals surface area contributed by atoms with Gasteiger partial charge in [-0.15, -0.1) is 0 Å². The molecule has 1 aromatic heterocycles. The predicted molar refractivity (Wildman–Crippen MR) is 102 cm³/mol.